The number of benzene rings is 2. The number of anilines is 1. The Kier molecular flexibility index (Phi) is 6.01. The van der Waals surface area contributed by atoms with Gasteiger partial charge in [-0.2, -0.15) is 0 Å². The van der Waals surface area contributed by atoms with E-state index in [1.54, 1.807) is 40.1 Å². The first-order valence-corrected chi connectivity index (χ1v) is 10.8. The summed E-state index contributed by atoms with van der Waals surface area (Å²) in [4.78, 5) is 43.2. The highest BCUT2D eigenvalue weighted by molar-refractivity contribution is 6.10. The molecule has 0 bridgehead atoms. The molecule has 0 aliphatic carbocycles. The van der Waals surface area contributed by atoms with Gasteiger partial charge in [0.25, 0.3) is 5.91 Å². The average molecular weight is 475 g/mol. The standard InChI is InChI=1S/C24H24F3N3O4/c1-23-13-11-21(32)30(23)18-9-5-4-8-17(18)22(33)29(23)14-12-20(31)28(2)15-16-7-3-6-10-19(16)34-24(25,26)27/h3-10H,11-15H2,1-2H3. The summed E-state index contributed by atoms with van der Waals surface area (Å²) in [6.07, 6.45) is -4.16. The summed E-state index contributed by atoms with van der Waals surface area (Å²) in [6, 6.07) is 12.5. The molecule has 0 saturated carbocycles. The maximum absolute atomic E-state index is 13.3. The monoisotopic (exact) mass is 475 g/mol. The third-order valence-corrected chi connectivity index (χ3v) is 6.33. The van der Waals surface area contributed by atoms with Gasteiger partial charge in [-0.05, 0) is 31.5 Å². The number of para-hydroxylation sites is 2. The Labute approximate surface area is 194 Å². The van der Waals surface area contributed by atoms with Crippen LogP contribution in [-0.2, 0) is 16.1 Å². The molecule has 2 heterocycles. The molecule has 3 amide bonds. The van der Waals surface area contributed by atoms with Gasteiger partial charge < -0.3 is 14.5 Å². The van der Waals surface area contributed by atoms with E-state index >= 15 is 0 Å². The van der Waals surface area contributed by atoms with Gasteiger partial charge in [0.05, 0.1) is 11.3 Å². The summed E-state index contributed by atoms with van der Waals surface area (Å²) >= 11 is 0. The summed E-state index contributed by atoms with van der Waals surface area (Å²) in [6.45, 7) is 1.78. The van der Waals surface area contributed by atoms with E-state index in [1.807, 2.05) is 6.92 Å². The molecular weight excluding hydrogens is 451 g/mol. The Balaban J connectivity index is 1.48. The minimum atomic E-state index is -4.84. The predicted octanol–water partition coefficient (Wildman–Crippen LogP) is 3.93. The third-order valence-electron chi connectivity index (χ3n) is 6.33. The molecule has 1 saturated heterocycles. The average Bonchev–Trinajstić information content (AvgIpc) is 3.09. The van der Waals surface area contributed by atoms with Crippen LogP contribution in [0.15, 0.2) is 48.5 Å². The molecule has 2 aliphatic heterocycles. The molecule has 1 atom stereocenters. The zero-order valence-electron chi connectivity index (χ0n) is 18.8. The van der Waals surface area contributed by atoms with Gasteiger partial charge in [-0.3, -0.25) is 19.3 Å². The molecule has 0 aromatic heterocycles. The van der Waals surface area contributed by atoms with E-state index in [0.29, 0.717) is 24.1 Å². The normalized spacial score (nSPS) is 19.7. The molecule has 4 rings (SSSR count). The molecule has 0 spiro atoms. The Morgan fingerprint density at radius 3 is 2.53 bits per heavy atom. The summed E-state index contributed by atoms with van der Waals surface area (Å²) < 4.78 is 42.1. The fraction of sp³-hybridized carbons (Fsp3) is 0.375. The Morgan fingerprint density at radius 2 is 1.79 bits per heavy atom. The third kappa shape index (κ3) is 4.32. The first kappa shape index (κ1) is 23.6. The van der Waals surface area contributed by atoms with E-state index in [1.165, 1.54) is 30.1 Å². The maximum Gasteiger partial charge on any atom is 0.573 e. The van der Waals surface area contributed by atoms with Crippen molar-refractivity contribution in [2.45, 2.75) is 44.8 Å². The molecule has 2 aromatic carbocycles. The van der Waals surface area contributed by atoms with Crippen molar-refractivity contribution in [3.63, 3.8) is 0 Å². The quantitative estimate of drug-likeness (QED) is 0.635. The molecule has 2 aromatic rings. The number of carbonyl (C=O) groups is 3. The molecule has 34 heavy (non-hydrogen) atoms. The lowest BCUT2D eigenvalue weighted by Gasteiger charge is -2.48. The van der Waals surface area contributed by atoms with Crippen LogP contribution in [0.25, 0.3) is 0 Å². The molecule has 1 unspecified atom stereocenters. The highest BCUT2D eigenvalue weighted by Crippen LogP contribution is 2.44. The highest BCUT2D eigenvalue weighted by Gasteiger charge is 2.52. The fourth-order valence-corrected chi connectivity index (χ4v) is 4.64. The topological polar surface area (TPSA) is 70.2 Å². The first-order valence-electron chi connectivity index (χ1n) is 10.8. The Hall–Kier alpha value is -3.56. The maximum atomic E-state index is 13.3. The lowest BCUT2D eigenvalue weighted by Crippen LogP contribution is -2.62. The van der Waals surface area contributed by atoms with Gasteiger partial charge in [-0.25, -0.2) is 0 Å². The highest BCUT2D eigenvalue weighted by atomic mass is 19.4. The number of amides is 3. The lowest BCUT2D eigenvalue weighted by molar-refractivity contribution is -0.275. The molecule has 7 nitrogen and oxygen atoms in total. The van der Waals surface area contributed by atoms with Gasteiger partial charge >= 0.3 is 6.36 Å². The number of rotatable bonds is 6. The van der Waals surface area contributed by atoms with Crippen molar-refractivity contribution in [2.24, 2.45) is 0 Å². The van der Waals surface area contributed by atoms with Gasteiger partial charge in [0.2, 0.25) is 11.8 Å². The lowest BCUT2D eigenvalue weighted by atomic mass is 9.98. The number of hydrogen-bond donors (Lipinski definition) is 0. The van der Waals surface area contributed by atoms with E-state index in [9.17, 15) is 27.6 Å². The molecule has 0 N–H and O–H groups in total. The van der Waals surface area contributed by atoms with Crippen molar-refractivity contribution in [3.8, 4) is 5.75 Å². The molecule has 0 radical (unpaired) electrons. The minimum absolute atomic E-state index is 0.0513. The molecule has 1 fully saturated rings. The number of ether oxygens (including phenoxy) is 1. The minimum Gasteiger partial charge on any atom is -0.405 e. The van der Waals surface area contributed by atoms with Crippen molar-refractivity contribution in [2.75, 3.05) is 18.5 Å². The summed E-state index contributed by atoms with van der Waals surface area (Å²) in [5.74, 6) is -1.07. The SMILES string of the molecule is CN(Cc1ccccc1OC(F)(F)F)C(=O)CCN1C(=O)c2ccccc2N2C(=O)CCC12C. The zero-order valence-corrected chi connectivity index (χ0v) is 18.8. The predicted molar refractivity (Wildman–Crippen MR) is 117 cm³/mol. The Morgan fingerprint density at radius 1 is 1.12 bits per heavy atom. The van der Waals surface area contributed by atoms with Gasteiger partial charge in [0, 0.05) is 38.5 Å². The van der Waals surface area contributed by atoms with Gasteiger partial charge in [0.1, 0.15) is 11.4 Å². The van der Waals surface area contributed by atoms with E-state index in [4.69, 9.17) is 0 Å². The van der Waals surface area contributed by atoms with Crippen LogP contribution in [-0.4, -0.2) is 53.1 Å². The van der Waals surface area contributed by atoms with Crippen molar-refractivity contribution >= 4 is 23.4 Å². The second-order valence-corrected chi connectivity index (χ2v) is 8.58. The van der Waals surface area contributed by atoms with Crippen LogP contribution in [0, 0.1) is 0 Å². The molecule has 10 heteroatoms. The van der Waals surface area contributed by atoms with Gasteiger partial charge in [0.15, 0.2) is 0 Å². The van der Waals surface area contributed by atoms with E-state index in [-0.39, 0.29) is 48.5 Å². The van der Waals surface area contributed by atoms with Crippen molar-refractivity contribution < 1.29 is 32.3 Å². The zero-order chi connectivity index (χ0) is 24.7. The fourth-order valence-electron chi connectivity index (χ4n) is 4.64. The number of carbonyl (C=O) groups excluding carboxylic acids is 3. The smallest absolute Gasteiger partial charge is 0.405 e. The van der Waals surface area contributed by atoms with Crippen LogP contribution < -0.4 is 9.64 Å². The summed E-state index contributed by atoms with van der Waals surface area (Å²) in [5, 5.41) is 0. The van der Waals surface area contributed by atoms with Crippen LogP contribution in [0.4, 0.5) is 18.9 Å². The first-order chi connectivity index (χ1) is 16.0. The van der Waals surface area contributed by atoms with Gasteiger partial charge in [-0.1, -0.05) is 30.3 Å². The van der Waals surface area contributed by atoms with Crippen LogP contribution in [0.5, 0.6) is 5.75 Å². The second-order valence-electron chi connectivity index (χ2n) is 8.58. The van der Waals surface area contributed by atoms with Gasteiger partial charge in [-0.15, -0.1) is 13.2 Å². The van der Waals surface area contributed by atoms with E-state index in [0.717, 1.165) is 0 Å². The van der Waals surface area contributed by atoms with E-state index < -0.39 is 12.0 Å². The summed E-state index contributed by atoms with van der Waals surface area (Å²) in [5.41, 5.74) is 0.292. The largest absolute Gasteiger partial charge is 0.573 e. The summed E-state index contributed by atoms with van der Waals surface area (Å²) in [7, 11) is 1.48. The number of fused-ring (bicyclic) bond motifs is 3. The Bertz CT molecular complexity index is 1140. The van der Waals surface area contributed by atoms with Crippen molar-refractivity contribution in [1.29, 1.82) is 0 Å². The molecule has 2 aliphatic rings. The van der Waals surface area contributed by atoms with Crippen molar-refractivity contribution in [1.82, 2.24) is 9.80 Å². The van der Waals surface area contributed by atoms with Crippen LogP contribution >= 0.6 is 0 Å². The van der Waals surface area contributed by atoms with Crippen LogP contribution in [0.2, 0.25) is 0 Å². The number of nitrogens with zero attached hydrogens (tertiary/aromatic N) is 3. The molecule has 180 valence electrons. The number of hydrogen-bond acceptors (Lipinski definition) is 4. The van der Waals surface area contributed by atoms with E-state index in [2.05, 4.69) is 4.74 Å². The second kappa shape index (κ2) is 8.66. The van der Waals surface area contributed by atoms with Crippen LogP contribution in [0.3, 0.4) is 0 Å². The molecular formula is C24H24F3N3O4. The number of alkyl halides is 3. The number of halogens is 3. The van der Waals surface area contributed by atoms with Crippen LogP contribution in [0.1, 0.15) is 42.1 Å². The van der Waals surface area contributed by atoms with Crippen molar-refractivity contribution in [3.05, 3.63) is 59.7 Å².